The molecule has 4 rings (SSSR count). The molecule has 0 aromatic carbocycles. The van der Waals surface area contributed by atoms with Crippen LogP contribution >= 0.6 is 0 Å². The van der Waals surface area contributed by atoms with Gasteiger partial charge in [-0.05, 0) is 44.6 Å². The number of aliphatic hydroxyl groups is 4. The Balaban J connectivity index is 0.000000243. The molecule has 0 spiro atoms. The van der Waals surface area contributed by atoms with Crippen molar-refractivity contribution in [2.75, 3.05) is 46.1 Å². The molecule has 13 N–H and O–H groups in total. The quantitative estimate of drug-likeness (QED) is 0.144. The highest BCUT2D eigenvalue weighted by atomic mass is 16.7. The summed E-state index contributed by atoms with van der Waals surface area (Å²) in [6, 6.07) is 0.000327. The molecule has 230 valence electrons. The Labute approximate surface area is 232 Å². The van der Waals surface area contributed by atoms with Crippen molar-refractivity contribution < 1.29 is 39.4 Å². The number of aliphatic hydroxyl groups excluding tert-OH is 4. The number of rotatable bonds is 9. The average molecular weight is 564 g/mol. The van der Waals surface area contributed by atoms with Crippen LogP contribution in [0.4, 0.5) is 0 Å². The van der Waals surface area contributed by atoms with Gasteiger partial charge in [-0.15, -0.1) is 0 Å². The highest BCUT2D eigenvalue weighted by molar-refractivity contribution is 4.96. The van der Waals surface area contributed by atoms with Gasteiger partial charge in [-0.1, -0.05) is 0 Å². The van der Waals surface area contributed by atoms with Gasteiger partial charge in [0.15, 0.2) is 6.29 Å². The van der Waals surface area contributed by atoms with Crippen molar-refractivity contribution in [3.05, 3.63) is 11.8 Å². The molecule has 7 unspecified atom stereocenters. The van der Waals surface area contributed by atoms with Crippen LogP contribution in [0.1, 0.15) is 51.4 Å². The molecule has 1 aliphatic carbocycles. The number of hydrogen-bond donors (Lipinski definition) is 9. The first-order chi connectivity index (χ1) is 18.8. The third kappa shape index (κ3) is 13.5. The smallest absolute Gasteiger partial charge is 0.158 e. The Bertz CT molecular complexity index is 678. The van der Waals surface area contributed by atoms with Gasteiger partial charge in [-0.2, -0.15) is 0 Å². The molecule has 13 nitrogen and oxygen atoms in total. The van der Waals surface area contributed by atoms with E-state index in [0.717, 1.165) is 57.3 Å². The van der Waals surface area contributed by atoms with E-state index in [9.17, 15) is 10.2 Å². The molecule has 3 aliphatic heterocycles. The molecule has 2 saturated heterocycles. The van der Waals surface area contributed by atoms with Gasteiger partial charge in [0.05, 0.1) is 69.5 Å². The lowest BCUT2D eigenvalue weighted by atomic mass is 9.89. The molecule has 9 atom stereocenters. The second-order valence-electron chi connectivity index (χ2n) is 10.6. The molecule has 13 heteroatoms. The highest BCUT2D eigenvalue weighted by Crippen LogP contribution is 2.27. The lowest BCUT2D eigenvalue weighted by Gasteiger charge is -2.35. The van der Waals surface area contributed by atoms with E-state index in [2.05, 4.69) is 11.4 Å². The summed E-state index contributed by atoms with van der Waals surface area (Å²) < 4.78 is 21.9. The van der Waals surface area contributed by atoms with Crippen molar-refractivity contribution in [1.82, 2.24) is 5.32 Å². The lowest BCUT2D eigenvalue weighted by molar-refractivity contribution is -0.175. The minimum atomic E-state index is -0.744. The third-order valence-corrected chi connectivity index (χ3v) is 7.16. The summed E-state index contributed by atoms with van der Waals surface area (Å²) in [6.07, 6.45) is 7.45. The van der Waals surface area contributed by atoms with Crippen molar-refractivity contribution in [1.29, 1.82) is 0 Å². The van der Waals surface area contributed by atoms with Gasteiger partial charge in [0.25, 0.3) is 0 Å². The van der Waals surface area contributed by atoms with Gasteiger partial charge >= 0.3 is 0 Å². The van der Waals surface area contributed by atoms with Crippen molar-refractivity contribution >= 4 is 0 Å². The lowest BCUT2D eigenvalue weighted by Crippen LogP contribution is -2.48. The fourth-order valence-corrected chi connectivity index (χ4v) is 4.86. The Kier molecular flexibility index (Phi) is 16.9. The number of nitrogens with two attached hydrogens (primary N) is 4. The van der Waals surface area contributed by atoms with E-state index < -0.39 is 12.2 Å². The van der Waals surface area contributed by atoms with Crippen LogP contribution in [0, 0.1) is 0 Å². The summed E-state index contributed by atoms with van der Waals surface area (Å²) >= 11 is 0. The molecular formula is C26H53N5O8. The van der Waals surface area contributed by atoms with E-state index in [4.69, 9.17) is 52.1 Å². The molecule has 0 aromatic rings. The largest absolute Gasteiger partial charge is 0.497 e. The number of ether oxygens (including phenoxy) is 4. The maximum Gasteiger partial charge on any atom is 0.158 e. The van der Waals surface area contributed by atoms with E-state index in [1.807, 2.05) is 0 Å². The first kappa shape index (κ1) is 34.3. The van der Waals surface area contributed by atoms with E-state index in [1.54, 1.807) is 0 Å². The van der Waals surface area contributed by atoms with E-state index >= 15 is 0 Å². The van der Waals surface area contributed by atoms with Crippen molar-refractivity contribution in [3.8, 4) is 0 Å². The monoisotopic (exact) mass is 563 g/mol. The van der Waals surface area contributed by atoms with Crippen LogP contribution in [0.3, 0.4) is 0 Å². The van der Waals surface area contributed by atoms with Gasteiger partial charge in [-0.3, -0.25) is 0 Å². The summed E-state index contributed by atoms with van der Waals surface area (Å²) in [5, 5.41) is 39.7. The maximum atomic E-state index is 9.39. The molecule has 0 bridgehead atoms. The van der Waals surface area contributed by atoms with Gasteiger partial charge < -0.3 is 67.6 Å². The Hall–Kier alpha value is -0.940. The van der Waals surface area contributed by atoms with Crippen molar-refractivity contribution in [3.63, 3.8) is 0 Å². The Morgan fingerprint density at radius 2 is 1.87 bits per heavy atom. The topological polar surface area (TPSA) is 234 Å². The summed E-state index contributed by atoms with van der Waals surface area (Å²) in [6.45, 7) is 2.43. The minimum absolute atomic E-state index is 0.00481. The first-order valence-electron chi connectivity index (χ1n) is 14.2. The Morgan fingerprint density at radius 1 is 1.08 bits per heavy atom. The fourth-order valence-electron chi connectivity index (χ4n) is 4.86. The number of nitrogens with one attached hydrogen (secondary N) is 1. The van der Waals surface area contributed by atoms with Gasteiger partial charge in [0.1, 0.15) is 5.76 Å². The van der Waals surface area contributed by atoms with Crippen molar-refractivity contribution in [2.24, 2.45) is 22.9 Å². The maximum absolute atomic E-state index is 9.39. The van der Waals surface area contributed by atoms with Gasteiger partial charge in [-0.25, -0.2) is 0 Å². The summed E-state index contributed by atoms with van der Waals surface area (Å²) in [4.78, 5) is 0. The summed E-state index contributed by atoms with van der Waals surface area (Å²) in [5.41, 5.74) is 22.2. The van der Waals surface area contributed by atoms with Crippen LogP contribution < -0.4 is 28.3 Å². The third-order valence-electron chi connectivity index (χ3n) is 7.16. The van der Waals surface area contributed by atoms with Crippen LogP contribution in [0.2, 0.25) is 0 Å². The zero-order chi connectivity index (χ0) is 28.6. The SMILES string of the molecule is NC1CC(NCC(O)CO)CC(OC2CCC(CO)O2)C1.NCC1=CCCCO1.NC[C@H]1CC(O)[C@@H](N)CO1. The molecular weight excluding hydrogens is 510 g/mol. The van der Waals surface area contributed by atoms with E-state index in [1.165, 1.54) is 0 Å². The molecule has 4 aliphatic rings. The van der Waals surface area contributed by atoms with E-state index in [0.29, 0.717) is 32.7 Å². The molecule has 3 heterocycles. The van der Waals surface area contributed by atoms with Crippen molar-refractivity contribution in [2.45, 2.75) is 106 Å². The molecule has 0 aromatic heterocycles. The first-order valence-corrected chi connectivity index (χ1v) is 14.2. The van der Waals surface area contributed by atoms with Gasteiger partial charge in [0, 0.05) is 38.0 Å². The average Bonchev–Trinajstić information content (AvgIpc) is 3.41. The number of allylic oxidation sites excluding steroid dienone is 1. The number of hydrogen-bond acceptors (Lipinski definition) is 13. The molecule has 0 amide bonds. The van der Waals surface area contributed by atoms with Crippen LogP contribution in [-0.2, 0) is 18.9 Å². The summed E-state index contributed by atoms with van der Waals surface area (Å²) in [5.74, 6) is 0.955. The zero-order valence-corrected chi connectivity index (χ0v) is 23.1. The summed E-state index contributed by atoms with van der Waals surface area (Å²) in [7, 11) is 0. The fraction of sp³-hybridized carbons (Fsp3) is 0.923. The zero-order valence-electron chi connectivity index (χ0n) is 23.1. The van der Waals surface area contributed by atoms with Gasteiger partial charge in [0.2, 0.25) is 0 Å². The molecule has 1 saturated carbocycles. The highest BCUT2D eigenvalue weighted by Gasteiger charge is 2.32. The molecule has 3 fully saturated rings. The van der Waals surface area contributed by atoms with Crippen LogP contribution in [0.15, 0.2) is 11.8 Å². The molecule has 39 heavy (non-hydrogen) atoms. The van der Waals surface area contributed by atoms with Crippen LogP contribution in [0.5, 0.6) is 0 Å². The molecule has 0 radical (unpaired) electrons. The van der Waals surface area contributed by atoms with Crippen LogP contribution in [0.25, 0.3) is 0 Å². The second kappa shape index (κ2) is 19.2. The Morgan fingerprint density at radius 3 is 2.44 bits per heavy atom. The normalized spacial score (nSPS) is 35.4. The second-order valence-corrected chi connectivity index (χ2v) is 10.6. The van der Waals surface area contributed by atoms with E-state index in [-0.39, 0.29) is 55.9 Å². The van der Waals surface area contributed by atoms with Crippen LogP contribution in [-0.4, -0.2) is 121 Å². The predicted octanol–water partition coefficient (Wildman–Crippen LogP) is -2.25. The minimum Gasteiger partial charge on any atom is -0.497 e. The standard InChI is InChI=1S/C14H28N2O5.C6H14N2O2.C6H11NO/c15-9-3-10(16-6-11(19)7-17)5-13(4-9)21-14-2-1-12(8-18)20-14;7-2-4-1-6(9)5(8)3-10-4;7-5-6-3-1-2-4-8-6/h9-14,16-19H,1-8,15H2;4-6,9H,1-3,7-8H2;3H,1-2,4-5,7H2/t;4-,5+,6?;/m.1./s1. The predicted molar refractivity (Wildman–Crippen MR) is 146 cm³/mol.